The average Bonchev–Trinajstić information content (AvgIpc) is 2.42. The van der Waals surface area contributed by atoms with E-state index in [0.29, 0.717) is 17.5 Å². The van der Waals surface area contributed by atoms with Gasteiger partial charge >= 0.3 is 0 Å². The summed E-state index contributed by atoms with van der Waals surface area (Å²) in [7, 11) is 2.26. The average molecular weight is 256 g/mol. The Kier molecular flexibility index (Phi) is 8.13. The Morgan fingerprint density at radius 2 is 1.72 bits per heavy atom. The van der Waals surface area contributed by atoms with Gasteiger partial charge < -0.3 is 10.2 Å². The van der Waals surface area contributed by atoms with Crippen LogP contribution in [0.15, 0.2) is 0 Å². The highest BCUT2D eigenvalue weighted by Crippen LogP contribution is 2.33. The second kappa shape index (κ2) is 8.16. The Balaban J connectivity index is 0.00000137. The summed E-state index contributed by atoms with van der Waals surface area (Å²) in [6, 6.07) is 1.28. The van der Waals surface area contributed by atoms with E-state index >= 15 is 0 Å². The zero-order valence-corrected chi connectivity index (χ0v) is 14.0. The normalized spacial score (nSPS) is 26.5. The predicted molar refractivity (Wildman–Crippen MR) is 83.1 cm³/mol. The molecular formula is C16H36N2. The predicted octanol–water partition coefficient (Wildman–Crippen LogP) is 3.77. The summed E-state index contributed by atoms with van der Waals surface area (Å²) in [5.74, 6) is 0.752. The van der Waals surface area contributed by atoms with Crippen LogP contribution >= 0.6 is 0 Å². The molecule has 1 aliphatic heterocycles. The summed E-state index contributed by atoms with van der Waals surface area (Å²) in [6.07, 6.45) is 2.65. The van der Waals surface area contributed by atoms with E-state index in [1.165, 1.54) is 25.9 Å². The van der Waals surface area contributed by atoms with Gasteiger partial charge in [-0.2, -0.15) is 0 Å². The van der Waals surface area contributed by atoms with Crippen LogP contribution in [0.4, 0.5) is 0 Å². The molecule has 2 unspecified atom stereocenters. The van der Waals surface area contributed by atoms with Crippen LogP contribution in [0.3, 0.4) is 0 Å². The fraction of sp³-hybridized carbons (Fsp3) is 1.00. The number of hydrogen-bond acceptors (Lipinski definition) is 2. The molecule has 1 fully saturated rings. The summed E-state index contributed by atoms with van der Waals surface area (Å²) >= 11 is 0. The molecule has 1 aliphatic rings. The number of likely N-dealkylation sites (tertiary alicyclic amines) is 1. The number of rotatable bonds is 2. The summed E-state index contributed by atoms with van der Waals surface area (Å²) in [5.41, 5.74) is 0.394. The lowest BCUT2D eigenvalue weighted by molar-refractivity contribution is 0.140. The Labute approximate surface area is 116 Å². The molecule has 2 nitrogen and oxygen atoms in total. The molecule has 0 spiro atoms. The largest absolute Gasteiger partial charge is 0.311 e. The highest BCUT2D eigenvalue weighted by Gasteiger charge is 2.34. The van der Waals surface area contributed by atoms with Gasteiger partial charge in [-0.05, 0) is 37.8 Å². The van der Waals surface area contributed by atoms with Gasteiger partial charge in [0.25, 0.3) is 0 Å². The van der Waals surface area contributed by atoms with Gasteiger partial charge in [0.1, 0.15) is 0 Å². The first-order valence-corrected chi connectivity index (χ1v) is 7.75. The lowest BCUT2D eigenvalue weighted by Gasteiger charge is -2.38. The minimum atomic E-state index is 0.394. The molecular weight excluding hydrogens is 220 g/mol. The molecule has 0 aromatic carbocycles. The van der Waals surface area contributed by atoms with Crippen LogP contribution < -0.4 is 5.32 Å². The Bertz CT molecular complexity index is 206. The van der Waals surface area contributed by atoms with E-state index in [-0.39, 0.29) is 0 Å². The molecule has 0 aromatic rings. The van der Waals surface area contributed by atoms with Crippen LogP contribution in [-0.4, -0.2) is 37.1 Å². The maximum absolute atomic E-state index is 3.77. The van der Waals surface area contributed by atoms with E-state index in [0.717, 1.165) is 5.92 Å². The maximum Gasteiger partial charge on any atom is 0.0115 e. The van der Waals surface area contributed by atoms with Crippen molar-refractivity contribution in [3.63, 3.8) is 0 Å². The lowest BCUT2D eigenvalue weighted by atomic mass is 9.75. The van der Waals surface area contributed by atoms with Crippen LogP contribution in [-0.2, 0) is 0 Å². The van der Waals surface area contributed by atoms with E-state index in [9.17, 15) is 0 Å². The van der Waals surface area contributed by atoms with E-state index in [4.69, 9.17) is 0 Å². The summed E-state index contributed by atoms with van der Waals surface area (Å²) < 4.78 is 0. The van der Waals surface area contributed by atoms with Crippen molar-refractivity contribution in [1.29, 1.82) is 0 Å². The molecule has 18 heavy (non-hydrogen) atoms. The lowest BCUT2D eigenvalue weighted by Crippen LogP contribution is -2.47. The first-order chi connectivity index (χ1) is 8.30. The number of nitrogens with zero attached hydrogens (tertiary/aromatic N) is 1. The fourth-order valence-electron chi connectivity index (χ4n) is 2.84. The smallest absolute Gasteiger partial charge is 0.0115 e. The SMILES string of the molecule is CC.CC(C)NC1CCCN(C)CC1C(C)(C)C. The third-order valence-electron chi connectivity index (χ3n) is 3.71. The van der Waals surface area contributed by atoms with E-state index in [1.807, 2.05) is 13.8 Å². The van der Waals surface area contributed by atoms with Crippen LogP contribution in [0.2, 0.25) is 0 Å². The van der Waals surface area contributed by atoms with E-state index in [2.05, 4.69) is 51.9 Å². The highest BCUT2D eigenvalue weighted by atomic mass is 15.1. The molecule has 1 saturated heterocycles. The maximum atomic E-state index is 3.77. The monoisotopic (exact) mass is 256 g/mol. The second-order valence-corrected chi connectivity index (χ2v) is 6.80. The van der Waals surface area contributed by atoms with Crippen molar-refractivity contribution >= 4 is 0 Å². The molecule has 0 aromatic heterocycles. The van der Waals surface area contributed by atoms with Crippen molar-refractivity contribution in [3.05, 3.63) is 0 Å². The summed E-state index contributed by atoms with van der Waals surface area (Å²) in [6.45, 7) is 18.1. The first kappa shape index (κ1) is 17.9. The standard InChI is InChI=1S/C14H30N2.C2H6/c1-11(2)15-13-8-7-9-16(6)10-12(13)14(3,4)5;1-2/h11-13,15H,7-10H2,1-6H3;1-2H3. The summed E-state index contributed by atoms with van der Waals surface area (Å²) in [4.78, 5) is 2.50. The molecule has 2 atom stereocenters. The highest BCUT2D eigenvalue weighted by molar-refractivity contribution is 4.89. The van der Waals surface area contributed by atoms with Gasteiger partial charge in [-0.3, -0.25) is 0 Å². The van der Waals surface area contributed by atoms with Crippen molar-refractivity contribution in [2.45, 2.75) is 73.4 Å². The van der Waals surface area contributed by atoms with Gasteiger partial charge in [-0.1, -0.05) is 48.5 Å². The van der Waals surface area contributed by atoms with Crippen molar-refractivity contribution in [3.8, 4) is 0 Å². The third kappa shape index (κ3) is 6.19. The van der Waals surface area contributed by atoms with Crippen LogP contribution in [0.1, 0.15) is 61.3 Å². The molecule has 0 saturated carbocycles. The van der Waals surface area contributed by atoms with Crippen LogP contribution in [0.5, 0.6) is 0 Å². The van der Waals surface area contributed by atoms with E-state index in [1.54, 1.807) is 0 Å². The topological polar surface area (TPSA) is 15.3 Å². The third-order valence-corrected chi connectivity index (χ3v) is 3.71. The molecule has 1 N–H and O–H groups in total. The Morgan fingerprint density at radius 3 is 2.17 bits per heavy atom. The second-order valence-electron chi connectivity index (χ2n) is 6.80. The number of nitrogens with one attached hydrogen (secondary N) is 1. The molecule has 0 bridgehead atoms. The molecule has 0 aliphatic carbocycles. The fourth-order valence-corrected chi connectivity index (χ4v) is 2.84. The molecule has 1 rings (SSSR count). The van der Waals surface area contributed by atoms with Crippen molar-refractivity contribution in [2.75, 3.05) is 20.1 Å². The Hall–Kier alpha value is -0.0800. The van der Waals surface area contributed by atoms with Gasteiger partial charge in [0.15, 0.2) is 0 Å². The quantitative estimate of drug-likeness (QED) is 0.809. The molecule has 110 valence electrons. The van der Waals surface area contributed by atoms with Crippen LogP contribution in [0.25, 0.3) is 0 Å². The zero-order valence-electron chi connectivity index (χ0n) is 14.0. The van der Waals surface area contributed by atoms with Gasteiger partial charge in [-0.25, -0.2) is 0 Å². The van der Waals surface area contributed by atoms with Crippen LogP contribution in [0, 0.1) is 11.3 Å². The van der Waals surface area contributed by atoms with Gasteiger partial charge in [-0.15, -0.1) is 0 Å². The van der Waals surface area contributed by atoms with Gasteiger partial charge in [0.2, 0.25) is 0 Å². The first-order valence-electron chi connectivity index (χ1n) is 7.75. The molecule has 0 radical (unpaired) electrons. The van der Waals surface area contributed by atoms with Crippen molar-refractivity contribution in [1.82, 2.24) is 10.2 Å². The van der Waals surface area contributed by atoms with Crippen molar-refractivity contribution < 1.29 is 0 Å². The van der Waals surface area contributed by atoms with Gasteiger partial charge in [0.05, 0.1) is 0 Å². The molecule has 2 heteroatoms. The van der Waals surface area contributed by atoms with Gasteiger partial charge in [0, 0.05) is 18.6 Å². The summed E-state index contributed by atoms with van der Waals surface area (Å²) in [5, 5.41) is 3.77. The molecule has 1 heterocycles. The zero-order chi connectivity index (χ0) is 14.3. The van der Waals surface area contributed by atoms with Crippen molar-refractivity contribution in [2.24, 2.45) is 11.3 Å². The molecule has 0 amide bonds. The minimum absolute atomic E-state index is 0.394. The minimum Gasteiger partial charge on any atom is -0.311 e. The number of hydrogen-bond donors (Lipinski definition) is 1. The van der Waals surface area contributed by atoms with E-state index < -0.39 is 0 Å². The Morgan fingerprint density at radius 1 is 1.17 bits per heavy atom.